The fourth-order valence-corrected chi connectivity index (χ4v) is 2.96. The van der Waals surface area contributed by atoms with Gasteiger partial charge in [-0.2, -0.15) is 0 Å². The summed E-state index contributed by atoms with van der Waals surface area (Å²) in [6.45, 7) is 2.94. The van der Waals surface area contributed by atoms with E-state index in [2.05, 4.69) is 10.0 Å². The summed E-state index contributed by atoms with van der Waals surface area (Å²) < 4.78 is 25.3. The highest BCUT2D eigenvalue weighted by atomic mass is 19.1. The van der Waals surface area contributed by atoms with Gasteiger partial charge in [0.15, 0.2) is 12.5 Å². The van der Waals surface area contributed by atoms with Gasteiger partial charge in [-0.3, -0.25) is 4.79 Å². The van der Waals surface area contributed by atoms with E-state index in [1.807, 2.05) is 4.90 Å². The molecule has 1 unspecified atom stereocenters. The molecule has 1 aromatic rings. The van der Waals surface area contributed by atoms with Crippen molar-refractivity contribution in [1.82, 2.24) is 0 Å². The monoisotopic (exact) mass is 335 g/mol. The third-order valence-electron chi connectivity index (χ3n) is 4.12. The lowest BCUT2D eigenvalue weighted by atomic mass is 10.2. The van der Waals surface area contributed by atoms with Crippen LogP contribution in [0.2, 0.25) is 0 Å². The van der Waals surface area contributed by atoms with Crippen LogP contribution >= 0.6 is 0 Å². The highest BCUT2D eigenvalue weighted by Gasteiger charge is 2.32. The molecule has 0 aliphatic carbocycles. The van der Waals surface area contributed by atoms with Gasteiger partial charge in [0.25, 0.3) is 0 Å². The maximum atomic E-state index is 14.5. The number of ether oxygens (including phenoxy) is 2. The van der Waals surface area contributed by atoms with Crippen molar-refractivity contribution < 1.29 is 18.7 Å². The van der Waals surface area contributed by atoms with Crippen molar-refractivity contribution in [3.63, 3.8) is 0 Å². The van der Waals surface area contributed by atoms with Gasteiger partial charge in [0.2, 0.25) is 0 Å². The number of morpholine rings is 1. The Balaban J connectivity index is 1.77. The molecule has 8 nitrogen and oxygen atoms in total. The molecule has 0 bridgehead atoms. The van der Waals surface area contributed by atoms with E-state index in [0.717, 1.165) is 0 Å². The number of anilines is 2. The van der Waals surface area contributed by atoms with Crippen LogP contribution in [0.5, 0.6) is 0 Å². The molecule has 0 amide bonds. The fourth-order valence-electron chi connectivity index (χ4n) is 2.96. The Hall–Kier alpha value is -2.35. The predicted molar refractivity (Wildman–Crippen MR) is 85.5 cm³/mol. The van der Waals surface area contributed by atoms with Gasteiger partial charge in [-0.1, -0.05) is 5.11 Å². The molecule has 0 saturated carbocycles. The molecule has 2 aliphatic heterocycles. The van der Waals surface area contributed by atoms with Gasteiger partial charge in [-0.15, -0.1) is 0 Å². The number of azide groups is 1. The van der Waals surface area contributed by atoms with Crippen molar-refractivity contribution in [2.24, 2.45) is 5.11 Å². The minimum atomic E-state index is -0.808. The second-order valence-corrected chi connectivity index (χ2v) is 5.59. The third-order valence-corrected chi connectivity index (χ3v) is 4.12. The summed E-state index contributed by atoms with van der Waals surface area (Å²) in [5.41, 5.74) is 9.46. The van der Waals surface area contributed by atoms with Crippen molar-refractivity contribution in [3.8, 4) is 0 Å². The second kappa shape index (κ2) is 7.48. The number of benzene rings is 1. The lowest BCUT2D eigenvalue weighted by Gasteiger charge is -2.30. The normalized spacial score (nSPS) is 23.9. The van der Waals surface area contributed by atoms with E-state index in [9.17, 15) is 9.18 Å². The van der Waals surface area contributed by atoms with Crippen LogP contribution in [0.25, 0.3) is 10.4 Å². The zero-order valence-electron chi connectivity index (χ0n) is 13.0. The summed E-state index contributed by atoms with van der Waals surface area (Å²) >= 11 is 0. The smallest absolute Gasteiger partial charge is 0.187 e. The molecule has 0 radical (unpaired) electrons. The highest BCUT2D eigenvalue weighted by molar-refractivity contribution is 5.67. The molecule has 0 spiro atoms. The fraction of sp³-hybridized carbons (Fsp3) is 0.533. The molecule has 2 atom stereocenters. The first-order chi connectivity index (χ1) is 11.7. The summed E-state index contributed by atoms with van der Waals surface area (Å²) in [5.74, 6) is -0.349. The van der Waals surface area contributed by atoms with Crippen molar-refractivity contribution in [2.45, 2.75) is 12.3 Å². The topological polar surface area (TPSA) is 90.8 Å². The van der Waals surface area contributed by atoms with Gasteiger partial charge in [-0.25, -0.2) is 4.39 Å². The van der Waals surface area contributed by atoms with Gasteiger partial charge < -0.3 is 19.3 Å². The molecule has 0 N–H and O–H groups in total. The average Bonchev–Trinajstić information content (AvgIpc) is 3.04. The Morgan fingerprint density at radius 2 is 2.21 bits per heavy atom. The highest BCUT2D eigenvalue weighted by Crippen LogP contribution is 2.29. The van der Waals surface area contributed by atoms with Crippen molar-refractivity contribution in [2.75, 3.05) is 49.2 Å². The minimum Gasteiger partial charge on any atom is -0.378 e. The summed E-state index contributed by atoms with van der Waals surface area (Å²) in [6.07, 6.45) is -0.542. The second-order valence-electron chi connectivity index (χ2n) is 5.59. The zero-order valence-corrected chi connectivity index (χ0v) is 13.0. The predicted octanol–water partition coefficient (Wildman–Crippen LogP) is 1.70. The number of nitrogens with zero attached hydrogens (tertiary/aromatic N) is 5. The Labute approximate surface area is 138 Å². The van der Waals surface area contributed by atoms with Gasteiger partial charge in [0, 0.05) is 30.2 Å². The Morgan fingerprint density at radius 3 is 2.88 bits per heavy atom. The largest absolute Gasteiger partial charge is 0.378 e. The zero-order chi connectivity index (χ0) is 16.9. The molecule has 2 fully saturated rings. The Morgan fingerprint density at radius 1 is 1.42 bits per heavy atom. The van der Waals surface area contributed by atoms with Crippen molar-refractivity contribution in [3.05, 3.63) is 34.5 Å². The van der Waals surface area contributed by atoms with Crippen LogP contribution in [0.15, 0.2) is 23.3 Å². The van der Waals surface area contributed by atoms with Gasteiger partial charge >= 0.3 is 0 Å². The number of rotatable bonds is 5. The lowest BCUT2D eigenvalue weighted by molar-refractivity contribution is -0.117. The maximum Gasteiger partial charge on any atom is 0.187 e. The quantitative estimate of drug-likeness (QED) is 0.353. The van der Waals surface area contributed by atoms with Gasteiger partial charge in [-0.05, 0) is 23.7 Å². The molecule has 0 aromatic heterocycles. The van der Waals surface area contributed by atoms with E-state index in [1.165, 1.54) is 6.07 Å². The average molecular weight is 335 g/mol. The molecular weight excluding hydrogens is 317 g/mol. The van der Waals surface area contributed by atoms with Crippen LogP contribution < -0.4 is 9.80 Å². The van der Waals surface area contributed by atoms with Crippen molar-refractivity contribution >= 4 is 17.7 Å². The van der Waals surface area contributed by atoms with Crippen LogP contribution in [0.4, 0.5) is 15.8 Å². The molecule has 128 valence electrons. The first-order valence-electron chi connectivity index (χ1n) is 7.73. The molecule has 9 heteroatoms. The first-order valence-corrected chi connectivity index (χ1v) is 7.73. The number of carbonyl (C=O) groups excluding carboxylic acids is 1. The number of halogens is 1. The number of hydrogen-bond donors (Lipinski definition) is 0. The minimum absolute atomic E-state index is 0.131. The SMILES string of the molecule is [N-]=[N+]=NC[C@H]1CN(c2ccc(N3CCOCC3)c(F)c2)C(C=O)O1. The van der Waals surface area contributed by atoms with E-state index in [-0.39, 0.29) is 12.4 Å². The standard InChI is InChI=1S/C15H18FN5O3/c16-13-7-11(1-2-14(13)20-3-5-23-6-4-20)21-9-12(8-18-19-17)24-15(21)10-22/h1-2,7,10,12,15H,3-6,8-9H2/t12-,15?/m0/s1. The Bertz CT molecular complexity index is 646. The molecule has 24 heavy (non-hydrogen) atoms. The number of hydrogen-bond acceptors (Lipinski definition) is 6. The number of carbonyl (C=O) groups is 1. The van der Waals surface area contributed by atoms with Crippen molar-refractivity contribution in [1.29, 1.82) is 0 Å². The van der Waals surface area contributed by atoms with Crippen LogP contribution in [-0.4, -0.2) is 58.0 Å². The molecule has 3 rings (SSSR count). The van der Waals surface area contributed by atoms with Crippen LogP contribution in [0, 0.1) is 5.82 Å². The Kier molecular flexibility index (Phi) is 5.14. The summed E-state index contributed by atoms with van der Waals surface area (Å²) in [4.78, 5) is 17.5. The molecular formula is C15H18FN5O3. The third kappa shape index (κ3) is 3.43. The maximum absolute atomic E-state index is 14.5. The van der Waals surface area contributed by atoms with Gasteiger partial charge in [0.1, 0.15) is 5.82 Å². The molecule has 1 aromatic carbocycles. The summed E-state index contributed by atoms with van der Waals surface area (Å²) in [5, 5.41) is 3.46. The molecule has 2 aliphatic rings. The summed E-state index contributed by atoms with van der Waals surface area (Å²) in [7, 11) is 0. The molecule has 2 heterocycles. The first kappa shape index (κ1) is 16.5. The van der Waals surface area contributed by atoms with E-state index in [1.54, 1.807) is 17.0 Å². The van der Waals surface area contributed by atoms with E-state index >= 15 is 0 Å². The van der Waals surface area contributed by atoms with E-state index < -0.39 is 12.3 Å². The van der Waals surface area contributed by atoms with Crippen LogP contribution in [0.3, 0.4) is 0 Å². The molecule has 2 saturated heterocycles. The van der Waals surface area contributed by atoms with Crippen LogP contribution in [0.1, 0.15) is 0 Å². The lowest BCUT2D eigenvalue weighted by Crippen LogP contribution is -2.37. The summed E-state index contributed by atoms with van der Waals surface area (Å²) in [6, 6.07) is 4.88. The van der Waals surface area contributed by atoms with Crippen LogP contribution in [-0.2, 0) is 14.3 Å². The number of aldehydes is 1. The van der Waals surface area contributed by atoms with E-state index in [0.29, 0.717) is 50.5 Å². The van der Waals surface area contributed by atoms with Gasteiger partial charge in [0.05, 0.1) is 31.5 Å². The van der Waals surface area contributed by atoms with E-state index in [4.69, 9.17) is 15.0 Å².